The molecule has 1 atom stereocenters. The first-order valence-electron chi connectivity index (χ1n) is 9.40. The topological polar surface area (TPSA) is 66.5 Å². The fourth-order valence-electron chi connectivity index (χ4n) is 3.31. The van der Waals surface area contributed by atoms with E-state index >= 15 is 0 Å². The smallest absolute Gasteiger partial charge is 0.251 e. The minimum absolute atomic E-state index is 0.172. The van der Waals surface area contributed by atoms with Crippen molar-refractivity contribution >= 4 is 37.4 Å². The molecule has 28 heavy (non-hydrogen) atoms. The number of rotatable bonds is 6. The van der Waals surface area contributed by atoms with Crippen LogP contribution in [0.4, 0.5) is 5.69 Å². The highest BCUT2D eigenvalue weighted by Crippen LogP contribution is 2.26. The van der Waals surface area contributed by atoms with Crippen molar-refractivity contribution in [2.45, 2.75) is 30.4 Å². The number of benzene rings is 2. The van der Waals surface area contributed by atoms with Gasteiger partial charge >= 0.3 is 0 Å². The van der Waals surface area contributed by atoms with E-state index in [2.05, 4.69) is 38.3 Å². The minimum atomic E-state index is -3.32. The summed E-state index contributed by atoms with van der Waals surface area (Å²) in [5.41, 5.74) is 1.66. The number of halogens is 1. The average molecular weight is 465 g/mol. The molecule has 1 unspecified atom stereocenters. The quantitative estimate of drug-likeness (QED) is 0.703. The Hall–Kier alpha value is -1.86. The highest BCUT2D eigenvalue weighted by Gasteiger charge is 2.24. The van der Waals surface area contributed by atoms with Gasteiger partial charge in [0.15, 0.2) is 9.84 Å². The molecular weight excluding hydrogens is 440 g/mol. The van der Waals surface area contributed by atoms with E-state index < -0.39 is 15.1 Å². The standard InChI is InChI=1S/C21H25BrN2O3S/c1-15(2)28(26,27)20-8-6-17(7-9-20)21(25)23-13-16-10-11-24(14-16)19-5-3-4-18(22)12-19/h3-9,12,15-16H,10-11,13-14H2,1-2H3,(H,23,25). The van der Waals surface area contributed by atoms with Crippen molar-refractivity contribution in [2.75, 3.05) is 24.5 Å². The number of anilines is 1. The zero-order valence-corrected chi connectivity index (χ0v) is 18.5. The third-order valence-electron chi connectivity index (χ3n) is 5.08. The van der Waals surface area contributed by atoms with Crippen molar-refractivity contribution < 1.29 is 13.2 Å². The minimum Gasteiger partial charge on any atom is -0.371 e. The molecule has 1 fully saturated rings. The maximum Gasteiger partial charge on any atom is 0.251 e. The molecule has 2 aromatic carbocycles. The van der Waals surface area contributed by atoms with E-state index in [9.17, 15) is 13.2 Å². The van der Waals surface area contributed by atoms with Gasteiger partial charge in [0.2, 0.25) is 0 Å². The van der Waals surface area contributed by atoms with Crippen molar-refractivity contribution in [3.8, 4) is 0 Å². The summed E-state index contributed by atoms with van der Waals surface area (Å²) in [6.45, 7) is 5.78. The molecule has 1 heterocycles. The molecule has 1 N–H and O–H groups in total. The normalized spacial score (nSPS) is 17.1. The van der Waals surface area contributed by atoms with Crippen LogP contribution in [0.5, 0.6) is 0 Å². The monoisotopic (exact) mass is 464 g/mol. The molecule has 1 saturated heterocycles. The molecular formula is C21H25BrN2O3S. The van der Waals surface area contributed by atoms with Gasteiger partial charge in [0.05, 0.1) is 10.1 Å². The molecule has 0 spiro atoms. The summed E-state index contributed by atoms with van der Waals surface area (Å²) in [5.74, 6) is 0.220. The SMILES string of the molecule is CC(C)S(=O)(=O)c1ccc(C(=O)NCC2CCN(c3cccc(Br)c3)C2)cc1. The van der Waals surface area contributed by atoms with Crippen molar-refractivity contribution in [2.24, 2.45) is 5.92 Å². The second-order valence-electron chi connectivity index (χ2n) is 7.41. The van der Waals surface area contributed by atoms with Crippen LogP contribution in [0.3, 0.4) is 0 Å². The number of sulfone groups is 1. The molecule has 1 aliphatic rings. The van der Waals surface area contributed by atoms with Gasteiger partial charge in [-0.15, -0.1) is 0 Å². The summed E-state index contributed by atoms with van der Waals surface area (Å²) in [5, 5.41) is 2.50. The average Bonchev–Trinajstić information content (AvgIpc) is 3.15. The molecule has 7 heteroatoms. The lowest BCUT2D eigenvalue weighted by Gasteiger charge is -2.19. The van der Waals surface area contributed by atoms with Gasteiger partial charge < -0.3 is 10.2 Å². The van der Waals surface area contributed by atoms with Crippen LogP contribution in [-0.4, -0.2) is 39.2 Å². The summed E-state index contributed by atoms with van der Waals surface area (Å²) in [6, 6.07) is 14.4. The molecule has 0 aliphatic carbocycles. The van der Waals surface area contributed by atoms with Crippen LogP contribution in [0.2, 0.25) is 0 Å². The second-order valence-corrected chi connectivity index (χ2v) is 10.8. The molecule has 150 valence electrons. The second kappa shape index (κ2) is 8.66. The predicted molar refractivity (Wildman–Crippen MR) is 116 cm³/mol. The first-order valence-corrected chi connectivity index (χ1v) is 11.7. The summed E-state index contributed by atoms with van der Waals surface area (Å²) >= 11 is 3.50. The van der Waals surface area contributed by atoms with E-state index in [0.29, 0.717) is 18.0 Å². The molecule has 2 aromatic rings. The Morgan fingerprint density at radius 1 is 1.21 bits per heavy atom. The fourth-order valence-corrected chi connectivity index (χ4v) is 4.76. The summed E-state index contributed by atoms with van der Waals surface area (Å²) in [6.07, 6.45) is 1.03. The number of carbonyl (C=O) groups excluding carboxylic acids is 1. The van der Waals surface area contributed by atoms with Crippen molar-refractivity contribution in [1.29, 1.82) is 0 Å². The third kappa shape index (κ3) is 4.75. The lowest BCUT2D eigenvalue weighted by Crippen LogP contribution is -2.31. The van der Waals surface area contributed by atoms with Crippen LogP contribution in [-0.2, 0) is 9.84 Å². The van der Waals surface area contributed by atoms with Gasteiger partial charge in [0.25, 0.3) is 5.91 Å². The summed E-state index contributed by atoms with van der Waals surface area (Å²) < 4.78 is 25.4. The molecule has 0 bridgehead atoms. The van der Waals surface area contributed by atoms with Crippen molar-refractivity contribution in [3.05, 3.63) is 58.6 Å². The molecule has 5 nitrogen and oxygen atoms in total. The number of hydrogen-bond donors (Lipinski definition) is 1. The molecule has 0 aromatic heterocycles. The Balaban J connectivity index is 1.55. The van der Waals surface area contributed by atoms with Gasteiger partial charge in [-0.25, -0.2) is 8.42 Å². The van der Waals surface area contributed by atoms with Crippen LogP contribution < -0.4 is 10.2 Å². The van der Waals surface area contributed by atoms with E-state index in [4.69, 9.17) is 0 Å². The highest BCUT2D eigenvalue weighted by atomic mass is 79.9. The van der Waals surface area contributed by atoms with Gasteiger partial charge in [-0.1, -0.05) is 22.0 Å². The predicted octanol–water partition coefficient (Wildman–Crippen LogP) is 3.89. The van der Waals surface area contributed by atoms with E-state index in [0.717, 1.165) is 24.0 Å². The Kier molecular flexibility index (Phi) is 6.45. The lowest BCUT2D eigenvalue weighted by atomic mass is 10.1. The number of nitrogens with zero attached hydrogens (tertiary/aromatic N) is 1. The molecule has 3 rings (SSSR count). The van der Waals surface area contributed by atoms with E-state index in [1.807, 2.05) is 12.1 Å². The van der Waals surface area contributed by atoms with E-state index in [-0.39, 0.29) is 10.8 Å². The van der Waals surface area contributed by atoms with Crippen molar-refractivity contribution in [3.63, 3.8) is 0 Å². The Labute approximate surface area is 175 Å². The third-order valence-corrected chi connectivity index (χ3v) is 7.74. The van der Waals surface area contributed by atoms with Crippen LogP contribution >= 0.6 is 15.9 Å². The first-order chi connectivity index (χ1) is 13.3. The van der Waals surface area contributed by atoms with Crippen LogP contribution in [0.15, 0.2) is 57.9 Å². The van der Waals surface area contributed by atoms with E-state index in [1.54, 1.807) is 26.0 Å². The maximum absolute atomic E-state index is 12.4. The first kappa shape index (κ1) is 20.9. The van der Waals surface area contributed by atoms with Crippen molar-refractivity contribution in [1.82, 2.24) is 5.32 Å². The summed E-state index contributed by atoms with van der Waals surface area (Å²) in [4.78, 5) is 15.0. The fraction of sp³-hybridized carbons (Fsp3) is 0.381. The zero-order valence-electron chi connectivity index (χ0n) is 16.1. The van der Waals surface area contributed by atoms with E-state index in [1.165, 1.54) is 17.8 Å². The largest absolute Gasteiger partial charge is 0.371 e. The summed E-state index contributed by atoms with van der Waals surface area (Å²) in [7, 11) is -3.32. The molecule has 0 radical (unpaired) electrons. The molecule has 0 saturated carbocycles. The number of carbonyl (C=O) groups is 1. The maximum atomic E-state index is 12.4. The Morgan fingerprint density at radius 2 is 1.93 bits per heavy atom. The lowest BCUT2D eigenvalue weighted by molar-refractivity contribution is 0.0948. The number of nitrogens with one attached hydrogen (secondary N) is 1. The van der Waals surface area contributed by atoms with Gasteiger partial charge in [-0.2, -0.15) is 0 Å². The van der Waals surface area contributed by atoms with Gasteiger partial charge in [-0.3, -0.25) is 4.79 Å². The van der Waals surface area contributed by atoms with Gasteiger partial charge in [0, 0.05) is 35.4 Å². The van der Waals surface area contributed by atoms with Gasteiger partial charge in [0.1, 0.15) is 0 Å². The highest BCUT2D eigenvalue weighted by molar-refractivity contribution is 9.10. The van der Waals surface area contributed by atoms with Crippen LogP contribution in [0, 0.1) is 5.92 Å². The number of amides is 1. The number of hydrogen-bond acceptors (Lipinski definition) is 4. The Morgan fingerprint density at radius 3 is 2.57 bits per heavy atom. The van der Waals surface area contributed by atoms with Crippen LogP contribution in [0.1, 0.15) is 30.6 Å². The zero-order chi connectivity index (χ0) is 20.3. The molecule has 1 amide bonds. The van der Waals surface area contributed by atoms with Crippen LogP contribution in [0.25, 0.3) is 0 Å². The Bertz CT molecular complexity index is 942. The molecule has 1 aliphatic heterocycles. The van der Waals surface area contributed by atoms with Gasteiger partial charge in [-0.05, 0) is 68.7 Å².